The molecule has 0 saturated carbocycles. The molecule has 2 aromatic rings. The minimum Gasteiger partial charge on any atom is -0.383 e. The number of imidazole rings is 1. The fraction of sp³-hybridized carbons (Fsp3) is 0.400. The molecule has 102 valence electrons. The highest BCUT2D eigenvalue weighted by Gasteiger charge is 2.23. The van der Waals surface area contributed by atoms with Crippen LogP contribution in [0.1, 0.15) is 33.5 Å². The Morgan fingerprint density at radius 2 is 1.79 bits per heavy atom. The number of halogens is 1. The standard InChI is InChI=1S/C15H20BrN3/c1-5-12-18-13(10-6-8-11(16)9-7-10)14(17)19(12)15(2,3)4/h6-9H,5,17H2,1-4H3. The van der Waals surface area contributed by atoms with Crippen molar-refractivity contribution in [2.75, 3.05) is 5.73 Å². The van der Waals surface area contributed by atoms with E-state index in [4.69, 9.17) is 10.7 Å². The van der Waals surface area contributed by atoms with Crippen molar-refractivity contribution >= 4 is 21.7 Å². The van der Waals surface area contributed by atoms with Gasteiger partial charge in [0.25, 0.3) is 0 Å². The summed E-state index contributed by atoms with van der Waals surface area (Å²) in [6.07, 6.45) is 0.873. The molecule has 0 atom stereocenters. The number of anilines is 1. The third kappa shape index (κ3) is 2.68. The van der Waals surface area contributed by atoms with Crippen LogP contribution in [0.15, 0.2) is 28.7 Å². The first kappa shape index (κ1) is 14.1. The zero-order valence-corrected chi connectivity index (χ0v) is 13.5. The number of nitrogens with two attached hydrogens (primary N) is 1. The molecule has 0 aliphatic rings. The maximum atomic E-state index is 6.32. The van der Waals surface area contributed by atoms with Gasteiger partial charge in [-0.15, -0.1) is 0 Å². The molecule has 1 aromatic heterocycles. The molecule has 0 saturated heterocycles. The van der Waals surface area contributed by atoms with Gasteiger partial charge in [0.1, 0.15) is 17.3 Å². The van der Waals surface area contributed by atoms with E-state index < -0.39 is 0 Å². The van der Waals surface area contributed by atoms with Crippen LogP contribution in [0.3, 0.4) is 0 Å². The van der Waals surface area contributed by atoms with Gasteiger partial charge in [0.2, 0.25) is 0 Å². The van der Waals surface area contributed by atoms with Crippen LogP contribution in [0.25, 0.3) is 11.3 Å². The Bertz CT molecular complexity index is 577. The summed E-state index contributed by atoms with van der Waals surface area (Å²) >= 11 is 3.44. The molecule has 1 heterocycles. The van der Waals surface area contributed by atoms with E-state index in [0.717, 1.165) is 33.8 Å². The lowest BCUT2D eigenvalue weighted by Crippen LogP contribution is -2.25. The van der Waals surface area contributed by atoms with Gasteiger partial charge < -0.3 is 10.3 Å². The molecule has 0 amide bonds. The second-order valence-corrected chi connectivity index (χ2v) is 6.54. The van der Waals surface area contributed by atoms with E-state index in [9.17, 15) is 0 Å². The zero-order chi connectivity index (χ0) is 14.2. The van der Waals surface area contributed by atoms with Crippen LogP contribution in [-0.4, -0.2) is 9.55 Å². The number of hydrogen-bond donors (Lipinski definition) is 1. The van der Waals surface area contributed by atoms with Gasteiger partial charge in [0.05, 0.1) is 0 Å². The summed E-state index contributed by atoms with van der Waals surface area (Å²) in [5.74, 6) is 1.77. The first-order chi connectivity index (χ1) is 8.84. The van der Waals surface area contributed by atoms with Gasteiger partial charge in [0, 0.05) is 22.0 Å². The summed E-state index contributed by atoms with van der Waals surface area (Å²) < 4.78 is 3.19. The van der Waals surface area contributed by atoms with Crippen LogP contribution in [0.5, 0.6) is 0 Å². The van der Waals surface area contributed by atoms with Crippen LogP contribution in [0, 0.1) is 0 Å². The average molecular weight is 322 g/mol. The second kappa shape index (κ2) is 5.00. The highest BCUT2D eigenvalue weighted by molar-refractivity contribution is 9.10. The van der Waals surface area contributed by atoms with Gasteiger partial charge in [-0.05, 0) is 32.9 Å². The van der Waals surface area contributed by atoms with Crippen LogP contribution in [-0.2, 0) is 12.0 Å². The average Bonchev–Trinajstić information content (AvgIpc) is 2.67. The highest BCUT2D eigenvalue weighted by atomic mass is 79.9. The molecule has 0 spiro atoms. The Labute approximate surface area is 123 Å². The molecule has 19 heavy (non-hydrogen) atoms. The topological polar surface area (TPSA) is 43.8 Å². The minimum atomic E-state index is -0.0595. The molecule has 4 heteroatoms. The summed E-state index contributed by atoms with van der Waals surface area (Å²) in [4.78, 5) is 4.72. The molecule has 1 aromatic carbocycles. The van der Waals surface area contributed by atoms with E-state index >= 15 is 0 Å². The van der Waals surface area contributed by atoms with Crippen molar-refractivity contribution < 1.29 is 0 Å². The summed E-state index contributed by atoms with van der Waals surface area (Å²) in [6.45, 7) is 8.55. The summed E-state index contributed by atoms with van der Waals surface area (Å²) in [7, 11) is 0. The number of rotatable bonds is 2. The molecule has 2 rings (SSSR count). The van der Waals surface area contributed by atoms with E-state index in [2.05, 4.69) is 48.2 Å². The number of hydrogen-bond acceptors (Lipinski definition) is 2. The van der Waals surface area contributed by atoms with Crippen molar-refractivity contribution in [2.24, 2.45) is 0 Å². The van der Waals surface area contributed by atoms with Crippen molar-refractivity contribution in [1.82, 2.24) is 9.55 Å². The van der Waals surface area contributed by atoms with E-state index in [1.807, 2.05) is 24.3 Å². The lowest BCUT2D eigenvalue weighted by atomic mass is 10.1. The van der Waals surface area contributed by atoms with E-state index in [0.29, 0.717) is 0 Å². The smallest absolute Gasteiger partial charge is 0.132 e. The van der Waals surface area contributed by atoms with Gasteiger partial charge >= 0.3 is 0 Å². The predicted octanol–water partition coefficient (Wildman–Crippen LogP) is 4.21. The summed E-state index contributed by atoms with van der Waals surface area (Å²) in [6, 6.07) is 8.09. The second-order valence-electron chi connectivity index (χ2n) is 5.63. The predicted molar refractivity (Wildman–Crippen MR) is 84.1 cm³/mol. The Kier molecular flexibility index (Phi) is 3.72. The fourth-order valence-electron chi connectivity index (χ4n) is 2.29. The van der Waals surface area contributed by atoms with E-state index in [1.165, 1.54) is 0 Å². The maximum absolute atomic E-state index is 6.32. The molecule has 0 aliphatic heterocycles. The molecule has 0 bridgehead atoms. The zero-order valence-electron chi connectivity index (χ0n) is 11.9. The number of nitrogens with zero attached hydrogens (tertiary/aromatic N) is 2. The van der Waals surface area contributed by atoms with Gasteiger partial charge in [-0.1, -0.05) is 35.0 Å². The van der Waals surface area contributed by atoms with E-state index in [-0.39, 0.29) is 5.54 Å². The van der Waals surface area contributed by atoms with Gasteiger partial charge in [-0.25, -0.2) is 4.98 Å². The van der Waals surface area contributed by atoms with Crippen molar-refractivity contribution in [3.63, 3.8) is 0 Å². The quantitative estimate of drug-likeness (QED) is 0.900. The first-order valence-electron chi connectivity index (χ1n) is 6.48. The first-order valence-corrected chi connectivity index (χ1v) is 7.27. The van der Waals surface area contributed by atoms with Gasteiger partial charge in [-0.2, -0.15) is 0 Å². The molecular formula is C15H20BrN3. The fourth-order valence-corrected chi connectivity index (χ4v) is 2.55. The van der Waals surface area contributed by atoms with E-state index in [1.54, 1.807) is 0 Å². The van der Waals surface area contributed by atoms with Crippen LogP contribution < -0.4 is 5.73 Å². The SMILES string of the molecule is CCc1nc(-c2ccc(Br)cc2)c(N)n1C(C)(C)C. The van der Waals surface area contributed by atoms with Crippen LogP contribution >= 0.6 is 15.9 Å². The number of aryl methyl sites for hydroxylation is 1. The number of benzene rings is 1. The molecule has 0 radical (unpaired) electrons. The Morgan fingerprint density at radius 3 is 2.21 bits per heavy atom. The lowest BCUT2D eigenvalue weighted by Gasteiger charge is -2.24. The minimum absolute atomic E-state index is 0.0595. The summed E-state index contributed by atoms with van der Waals surface area (Å²) in [5, 5.41) is 0. The van der Waals surface area contributed by atoms with Crippen LogP contribution in [0.4, 0.5) is 5.82 Å². The Balaban J connectivity index is 2.60. The largest absolute Gasteiger partial charge is 0.383 e. The molecular weight excluding hydrogens is 302 g/mol. The highest BCUT2D eigenvalue weighted by Crippen LogP contribution is 2.32. The van der Waals surface area contributed by atoms with Crippen molar-refractivity contribution in [3.05, 3.63) is 34.6 Å². The molecule has 0 aliphatic carbocycles. The van der Waals surface area contributed by atoms with Gasteiger partial charge in [0.15, 0.2) is 0 Å². The molecule has 0 unspecified atom stereocenters. The number of aromatic nitrogens is 2. The van der Waals surface area contributed by atoms with Gasteiger partial charge in [-0.3, -0.25) is 0 Å². The third-order valence-electron chi connectivity index (χ3n) is 3.09. The molecule has 0 fully saturated rings. The number of nitrogen functional groups attached to an aromatic ring is 1. The third-order valence-corrected chi connectivity index (χ3v) is 3.62. The summed E-state index contributed by atoms with van der Waals surface area (Å²) in [5.41, 5.74) is 8.19. The Morgan fingerprint density at radius 1 is 1.21 bits per heavy atom. The molecule has 3 nitrogen and oxygen atoms in total. The normalized spacial score (nSPS) is 11.8. The monoisotopic (exact) mass is 321 g/mol. The maximum Gasteiger partial charge on any atom is 0.132 e. The van der Waals surface area contributed by atoms with Crippen molar-refractivity contribution in [3.8, 4) is 11.3 Å². The molecule has 2 N–H and O–H groups in total. The van der Waals surface area contributed by atoms with Crippen molar-refractivity contribution in [2.45, 2.75) is 39.7 Å². The Hall–Kier alpha value is -1.29. The van der Waals surface area contributed by atoms with Crippen molar-refractivity contribution in [1.29, 1.82) is 0 Å². The van der Waals surface area contributed by atoms with Crippen LogP contribution in [0.2, 0.25) is 0 Å². The lowest BCUT2D eigenvalue weighted by molar-refractivity contribution is 0.389.